The van der Waals surface area contributed by atoms with Crippen LogP contribution in [0, 0.1) is 11.7 Å². The molecule has 1 aliphatic rings. The van der Waals surface area contributed by atoms with Gasteiger partial charge in [-0.1, -0.05) is 6.92 Å². The molecular weight excluding hydrogens is 487 g/mol. The van der Waals surface area contributed by atoms with Gasteiger partial charge in [-0.15, -0.1) is 0 Å². The molecule has 11 heteroatoms. The summed E-state index contributed by atoms with van der Waals surface area (Å²) in [6.45, 7) is 6.72. The maximum absolute atomic E-state index is 14.2. The number of pyridine rings is 2. The number of carbonyl (C=O) groups excluding carboxylic acids is 1. The van der Waals surface area contributed by atoms with Crippen molar-refractivity contribution in [3.8, 4) is 17.0 Å². The van der Waals surface area contributed by atoms with Crippen molar-refractivity contribution in [1.29, 1.82) is 0 Å². The fraction of sp³-hybridized carbons (Fsp3) is 0.320. The number of nitrogens with one attached hydrogen (secondary N) is 2. The molecule has 0 aliphatic carbocycles. The Balaban J connectivity index is 1.81. The number of benzene rings is 1. The largest absolute Gasteiger partial charge is 0.497 e. The number of anilines is 1. The number of rotatable bonds is 6. The smallest absolute Gasteiger partial charge is 0.269 e. The van der Waals surface area contributed by atoms with E-state index in [9.17, 15) is 22.4 Å². The molecule has 0 radical (unpaired) electrons. The second kappa shape index (κ2) is 9.38. The summed E-state index contributed by atoms with van der Waals surface area (Å²) in [5.74, 6) is -0.604. The minimum Gasteiger partial charge on any atom is -0.497 e. The molecular formula is C25H27FN4O5S. The molecule has 0 saturated carbocycles. The highest BCUT2D eigenvalue weighted by molar-refractivity contribution is 7.90. The molecule has 3 aromatic rings. The number of methoxy groups -OCH3 is 1. The van der Waals surface area contributed by atoms with E-state index in [0.29, 0.717) is 23.6 Å². The van der Waals surface area contributed by atoms with E-state index in [2.05, 4.69) is 11.9 Å². The lowest BCUT2D eigenvalue weighted by molar-refractivity contribution is 0.0981. The van der Waals surface area contributed by atoms with Crippen LogP contribution in [-0.4, -0.2) is 43.5 Å². The lowest BCUT2D eigenvalue weighted by atomic mass is 9.90. The number of halogens is 1. The van der Waals surface area contributed by atoms with Crippen molar-refractivity contribution < 1.29 is 22.3 Å². The number of hydrogen-bond donors (Lipinski definition) is 2. The molecule has 190 valence electrons. The van der Waals surface area contributed by atoms with Gasteiger partial charge in [-0.05, 0) is 62.6 Å². The monoisotopic (exact) mass is 514 g/mol. The van der Waals surface area contributed by atoms with Crippen LogP contribution in [0.25, 0.3) is 11.3 Å². The van der Waals surface area contributed by atoms with Gasteiger partial charge >= 0.3 is 0 Å². The predicted octanol–water partition coefficient (Wildman–Crippen LogP) is 3.33. The molecule has 1 aliphatic heterocycles. The SMILES string of the molecule is COc1cc(F)cc(-c2ccc(C(=O)NS(=O)(=O)c3ccc[nH]c3=O)c(N3CCC(C)C3(C)C)n2)c1. The van der Waals surface area contributed by atoms with E-state index in [1.54, 1.807) is 6.07 Å². The van der Waals surface area contributed by atoms with Crippen LogP contribution >= 0.6 is 0 Å². The highest BCUT2D eigenvalue weighted by Crippen LogP contribution is 2.39. The van der Waals surface area contributed by atoms with Gasteiger partial charge in [0.05, 0.1) is 18.4 Å². The van der Waals surface area contributed by atoms with E-state index in [0.717, 1.165) is 12.5 Å². The van der Waals surface area contributed by atoms with Gasteiger partial charge in [-0.3, -0.25) is 9.59 Å². The van der Waals surface area contributed by atoms with Gasteiger partial charge in [0.15, 0.2) is 4.90 Å². The van der Waals surface area contributed by atoms with E-state index >= 15 is 0 Å². The Morgan fingerprint density at radius 1 is 1.25 bits per heavy atom. The van der Waals surface area contributed by atoms with Gasteiger partial charge in [0.25, 0.3) is 21.5 Å². The minimum absolute atomic E-state index is 0.0141. The lowest BCUT2D eigenvalue weighted by Gasteiger charge is -2.36. The van der Waals surface area contributed by atoms with Gasteiger partial charge in [-0.2, -0.15) is 0 Å². The molecule has 0 bridgehead atoms. The Kier molecular flexibility index (Phi) is 6.61. The molecule has 1 saturated heterocycles. The molecule has 1 atom stereocenters. The Labute approximate surface area is 208 Å². The Hall–Kier alpha value is -3.73. The molecule has 1 aromatic carbocycles. The summed E-state index contributed by atoms with van der Waals surface area (Å²) in [6, 6.07) is 9.60. The van der Waals surface area contributed by atoms with E-state index in [4.69, 9.17) is 9.72 Å². The third-order valence-corrected chi connectivity index (χ3v) is 8.12. The highest BCUT2D eigenvalue weighted by atomic mass is 32.2. The second-order valence-electron chi connectivity index (χ2n) is 9.24. The minimum atomic E-state index is -4.45. The summed E-state index contributed by atoms with van der Waals surface area (Å²) in [5, 5.41) is 0. The van der Waals surface area contributed by atoms with Gasteiger partial charge in [0.1, 0.15) is 17.4 Å². The van der Waals surface area contributed by atoms with Crippen LogP contribution in [0.2, 0.25) is 0 Å². The quantitative estimate of drug-likeness (QED) is 0.518. The first kappa shape index (κ1) is 25.4. The Morgan fingerprint density at radius 2 is 2.00 bits per heavy atom. The summed E-state index contributed by atoms with van der Waals surface area (Å²) in [7, 11) is -3.02. The molecule has 1 amide bonds. The zero-order valence-corrected chi connectivity index (χ0v) is 21.1. The van der Waals surface area contributed by atoms with Crippen LogP contribution in [0.1, 0.15) is 37.6 Å². The molecule has 9 nitrogen and oxygen atoms in total. The summed E-state index contributed by atoms with van der Waals surface area (Å²) < 4.78 is 46.9. The number of aromatic amines is 1. The summed E-state index contributed by atoms with van der Waals surface area (Å²) in [6.07, 6.45) is 2.13. The highest BCUT2D eigenvalue weighted by Gasteiger charge is 2.41. The third-order valence-electron chi connectivity index (χ3n) is 6.76. The van der Waals surface area contributed by atoms with Crippen LogP contribution in [0.4, 0.5) is 10.2 Å². The van der Waals surface area contributed by atoms with Gasteiger partial charge < -0.3 is 14.6 Å². The number of hydrogen-bond acceptors (Lipinski definition) is 7. The Morgan fingerprint density at radius 3 is 2.64 bits per heavy atom. The van der Waals surface area contributed by atoms with E-state index < -0.39 is 37.7 Å². The zero-order valence-electron chi connectivity index (χ0n) is 20.3. The summed E-state index contributed by atoms with van der Waals surface area (Å²) in [4.78, 5) is 33.6. The molecule has 1 fully saturated rings. The number of amides is 1. The van der Waals surface area contributed by atoms with Crippen molar-refractivity contribution in [2.75, 3.05) is 18.6 Å². The average Bonchev–Trinajstić information content (AvgIpc) is 3.09. The van der Waals surface area contributed by atoms with Gasteiger partial charge in [0.2, 0.25) is 0 Å². The Bertz CT molecular complexity index is 1490. The predicted molar refractivity (Wildman–Crippen MR) is 133 cm³/mol. The van der Waals surface area contributed by atoms with Crippen LogP contribution in [0.15, 0.2) is 58.4 Å². The molecule has 0 spiro atoms. The number of sulfonamides is 1. The van der Waals surface area contributed by atoms with Crippen molar-refractivity contribution >= 4 is 21.7 Å². The normalized spacial score (nSPS) is 17.1. The first-order chi connectivity index (χ1) is 16.9. The number of nitrogens with zero attached hydrogens (tertiary/aromatic N) is 2. The first-order valence-electron chi connectivity index (χ1n) is 11.3. The van der Waals surface area contributed by atoms with E-state index in [1.165, 1.54) is 43.6 Å². The van der Waals surface area contributed by atoms with Crippen LogP contribution in [-0.2, 0) is 10.0 Å². The van der Waals surface area contributed by atoms with Crippen molar-refractivity contribution in [1.82, 2.24) is 14.7 Å². The number of H-pyrrole nitrogens is 1. The fourth-order valence-corrected chi connectivity index (χ4v) is 5.30. The summed E-state index contributed by atoms with van der Waals surface area (Å²) >= 11 is 0. The number of ether oxygens (including phenoxy) is 1. The molecule has 1 unspecified atom stereocenters. The lowest BCUT2D eigenvalue weighted by Crippen LogP contribution is -2.44. The molecule has 2 N–H and O–H groups in total. The zero-order chi connectivity index (χ0) is 26.3. The number of aromatic nitrogens is 2. The maximum atomic E-state index is 14.2. The molecule has 2 aromatic heterocycles. The van der Waals surface area contributed by atoms with E-state index in [-0.39, 0.29) is 17.3 Å². The van der Waals surface area contributed by atoms with Crippen molar-refractivity contribution in [3.05, 3.63) is 70.4 Å². The molecule has 3 heterocycles. The van der Waals surface area contributed by atoms with Crippen molar-refractivity contribution in [2.24, 2.45) is 5.92 Å². The fourth-order valence-electron chi connectivity index (χ4n) is 4.28. The third kappa shape index (κ3) is 4.70. The van der Waals surface area contributed by atoms with Crippen molar-refractivity contribution in [3.63, 3.8) is 0 Å². The van der Waals surface area contributed by atoms with E-state index in [1.807, 2.05) is 23.5 Å². The molecule has 36 heavy (non-hydrogen) atoms. The van der Waals surface area contributed by atoms with Crippen molar-refractivity contribution in [2.45, 2.75) is 37.6 Å². The standard InChI is InChI=1S/C25H27FN4O5S/c1-15-9-11-30(25(15,2)3)22-19(23(31)29-36(33,34)21-6-5-10-27-24(21)32)7-8-20(28-22)16-12-17(26)14-18(13-16)35-4/h5-8,10,12-15H,9,11H2,1-4H3,(H,27,32)(H,29,31). The second-order valence-corrected chi connectivity index (χ2v) is 10.9. The summed E-state index contributed by atoms with van der Waals surface area (Å²) in [5.41, 5.74) is -0.401. The number of carbonyl (C=O) groups is 1. The van der Waals surface area contributed by atoms with Crippen LogP contribution in [0.5, 0.6) is 5.75 Å². The van der Waals surface area contributed by atoms with Crippen LogP contribution in [0.3, 0.4) is 0 Å². The maximum Gasteiger partial charge on any atom is 0.269 e. The molecule has 4 rings (SSSR count). The topological polar surface area (TPSA) is 121 Å². The van der Waals surface area contributed by atoms with Gasteiger partial charge in [0, 0.05) is 29.9 Å². The van der Waals surface area contributed by atoms with Gasteiger partial charge in [-0.25, -0.2) is 22.5 Å². The van der Waals surface area contributed by atoms with Crippen LogP contribution < -0.4 is 19.9 Å². The average molecular weight is 515 g/mol. The first-order valence-corrected chi connectivity index (χ1v) is 12.8.